The third-order valence-corrected chi connectivity index (χ3v) is 7.96. The second kappa shape index (κ2) is 9.07. The molecule has 1 saturated heterocycles. The van der Waals surface area contributed by atoms with Gasteiger partial charge in [0.25, 0.3) is 11.9 Å². The summed E-state index contributed by atoms with van der Waals surface area (Å²) in [4.78, 5) is 27.4. The summed E-state index contributed by atoms with van der Waals surface area (Å²) in [6.45, 7) is 5.39. The molecule has 2 fully saturated rings. The van der Waals surface area contributed by atoms with Crippen molar-refractivity contribution < 1.29 is 9.53 Å². The van der Waals surface area contributed by atoms with E-state index in [1.54, 1.807) is 18.0 Å². The molecule has 182 valence electrons. The van der Waals surface area contributed by atoms with Crippen molar-refractivity contribution in [2.24, 2.45) is 0 Å². The highest BCUT2D eigenvalue weighted by molar-refractivity contribution is 5.95. The summed E-state index contributed by atoms with van der Waals surface area (Å²) >= 11 is 0. The van der Waals surface area contributed by atoms with Crippen LogP contribution in [0.4, 0.5) is 0 Å². The Labute approximate surface area is 205 Å². The van der Waals surface area contributed by atoms with Gasteiger partial charge in [-0.2, -0.15) is 5.10 Å². The predicted molar refractivity (Wildman–Crippen MR) is 133 cm³/mol. The van der Waals surface area contributed by atoms with Gasteiger partial charge < -0.3 is 9.64 Å². The quantitative estimate of drug-likeness (QED) is 0.579. The molecule has 0 N–H and O–H groups in total. The highest BCUT2D eigenvalue weighted by atomic mass is 16.5. The number of piperazine rings is 1. The van der Waals surface area contributed by atoms with Crippen LogP contribution in [0, 0.1) is 6.92 Å². The minimum atomic E-state index is 0.0511. The van der Waals surface area contributed by atoms with Crippen molar-refractivity contribution in [1.82, 2.24) is 29.5 Å². The summed E-state index contributed by atoms with van der Waals surface area (Å²) in [5.74, 6) is 1.40. The number of hydrogen-bond acceptors (Lipinski definition) is 6. The Hall–Kier alpha value is -3.26. The van der Waals surface area contributed by atoms with Crippen molar-refractivity contribution in [1.29, 1.82) is 0 Å². The normalized spacial score (nSPS) is 18.4. The number of rotatable bonds is 4. The summed E-state index contributed by atoms with van der Waals surface area (Å²) in [6, 6.07) is 6.84. The number of amides is 1. The first-order valence-corrected chi connectivity index (χ1v) is 12.7. The molecule has 1 aromatic carbocycles. The van der Waals surface area contributed by atoms with E-state index >= 15 is 0 Å². The van der Waals surface area contributed by atoms with Crippen LogP contribution in [-0.2, 0) is 12.8 Å². The Kier molecular flexibility index (Phi) is 5.76. The van der Waals surface area contributed by atoms with Gasteiger partial charge in [-0.1, -0.05) is 12.8 Å². The van der Waals surface area contributed by atoms with Crippen LogP contribution in [0.25, 0.3) is 17.2 Å². The lowest BCUT2D eigenvalue weighted by Crippen LogP contribution is -2.51. The highest BCUT2D eigenvalue weighted by Crippen LogP contribution is 2.34. The van der Waals surface area contributed by atoms with E-state index in [2.05, 4.69) is 27.1 Å². The van der Waals surface area contributed by atoms with E-state index in [0.29, 0.717) is 17.6 Å². The lowest BCUT2D eigenvalue weighted by atomic mass is 9.90. The lowest BCUT2D eigenvalue weighted by Gasteiger charge is -2.38. The molecule has 0 spiro atoms. The molecule has 3 aliphatic rings. The summed E-state index contributed by atoms with van der Waals surface area (Å²) in [6.07, 6.45) is 10.7. The Bertz CT molecular complexity index is 1250. The number of fused-ring (bicyclic) bond motifs is 3. The van der Waals surface area contributed by atoms with Gasteiger partial charge in [0.1, 0.15) is 5.75 Å². The maximum atomic E-state index is 13.4. The Morgan fingerprint density at radius 3 is 2.57 bits per heavy atom. The number of carbonyl (C=O) groups is 1. The Balaban J connectivity index is 1.23. The van der Waals surface area contributed by atoms with E-state index in [4.69, 9.17) is 9.72 Å². The molecular weight excluding hydrogens is 440 g/mol. The second-order valence-electron chi connectivity index (χ2n) is 9.89. The third kappa shape index (κ3) is 3.99. The molecule has 0 radical (unpaired) electrons. The van der Waals surface area contributed by atoms with Crippen molar-refractivity contribution in [3.8, 4) is 23.0 Å². The molecule has 1 saturated carbocycles. The number of nitrogens with zero attached hydrogens (tertiary/aromatic N) is 6. The Morgan fingerprint density at radius 1 is 1.03 bits per heavy atom. The zero-order valence-electron chi connectivity index (χ0n) is 20.5. The molecule has 0 atom stereocenters. The number of ether oxygens (including phenoxy) is 1. The van der Waals surface area contributed by atoms with Gasteiger partial charge in [-0.25, -0.2) is 14.6 Å². The van der Waals surface area contributed by atoms with Gasteiger partial charge in [0.15, 0.2) is 0 Å². The summed E-state index contributed by atoms with van der Waals surface area (Å²) < 4.78 is 7.09. The first-order chi connectivity index (χ1) is 17.1. The molecule has 1 aliphatic heterocycles. The average Bonchev–Trinajstić information content (AvgIpc) is 3.58. The monoisotopic (exact) mass is 472 g/mol. The number of aromatic nitrogens is 4. The van der Waals surface area contributed by atoms with E-state index in [1.807, 2.05) is 24.1 Å². The molecule has 0 bridgehead atoms. The van der Waals surface area contributed by atoms with E-state index in [-0.39, 0.29) is 5.91 Å². The van der Waals surface area contributed by atoms with Crippen molar-refractivity contribution in [3.05, 3.63) is 53.0 Å². The fraction of sp³-hybridized carbons (Fsp3) is 0.481. The molecule has 35 heavy (non-hydrogen) atoms. The van der Waals surface area contributed by atoms with Crippen LogP contribution >= 0.6 is 0 Å². The van der Waals surface area contributed by atoms with Crippen LogP contribution in [0.3, 0.4) is 0 Å². The maximum Gasteiger partial charge on any atom is 0.257 e. The minimum absolute atomic E-state index is 0.0511. The van der Waals surface area contributed by atoms with Crippen LogP contribution < -0.4 is 4.74 Å². The minimum Gasteiger partial charge on any atom is -0.497 e. The molecule has 2 aliphatic carbocycles. The van der Waals surface area contributed by atoms with E-state index in [0.717, 1.165) is 67.3 Å². The largest absolute Gasteiger partial charge is 0.497 e. The molecule has 3 aromatic rings. The van der Waals surface area contributed by atoms with Gasteiger partial charge >= 0.3 is 0 Å². The SMILES string of the molecule is COc1ccc2c(c1)CCc1cnc(-n3ncc(C(=O)N4CCN(C5CCCC5)CC4)c3C)nc1-2. The first kappa shape index (κ1) is 22.2. The number of benzene rings is 1. The molecule has 8 nitrogen and oxygen atoms in total. The lowest BCUT2D eigenvalue weighted by molar-refractivity contribution is 0.0572. The smallest absolute Gasteiger partial charge is 0.257 e. The van der Waals surface area contributed by atoms with Crippen LogP contribution in [-0.4, -0.2) is 74.8 Å². The Morgan fingerprint density at radius 2 is 1.80 bits per heavy atom. The highest BCUT2D eigenvalue weighted by Gasteiger charge is 2.30. The van der Waals surface area contributed by atoms with Crippen molar-refractivity contribution >= 4 is 5.91 Å². The van der Waals surface area contributed by atoms with Gasteiger partial charge in [-0.3, -0.25) is 9.69 Å². The number of methoxy groups -OCH3 is 1. The van der Waals surface area contributed by atoms with Gasteiger partial charge in [0.05, 0.1) is 30.3 Å². The molecule has 2 aromatic heterocycles. The summed E-state index contributed by atoms with van der Waals surface area (Å²) in [7, 11) is 1.69. The number of carbonyl (C=O) groups excluding carboxylic acids is 1. The van der Waals surface area contributed by atoms with Crippen molar-refractivity contribution in [3.63, 3.8) is 0 Å². The topological polar surface area (TPSA) is 76.4 Å². The van der Waals surface area contributed by atoms with Crippen molar-refractivity contribution in [2.75, 3.05) is 33.3 Å². The van der Waals surface area contributed by atoms with E-state index in [9.17, 15) is 4.79 Å². The van der Waals surface area contributed by atoms with E-state index < -0.39 is 0 Å². The first-order valence-electron chi connectivity index (χ1n) is 12.7. The van der Waals surface area contributed by atoms with Gasteiger partial charge in [0, 0.05) is 44.0 Å². The predicted octanol–water partition coefficient (Wildman–Crippen LogP) is 3.45. The van der Waals surface area contributed by atoms with E-state index in [1.165, 1.54) is 31.2 Å². The molecule has 3 heterocycles. The number of hydrogen-bond donors (Lipinski definition) is 0. The standard InChI is InChI=1S/C27H32N6O2/c1-18-24(26(34)32-13-11-31(12-14-32)21-5-3-4-6-21)17-29-33(18)27-28-16-20-8-7-19-15-22(35-2)9-10-23(19)25(20)30-27/h9-10,15-17,21H,3-8,11-14H2,1-2H3. The van der Waals surface area contributed by atoms with Crippen LogP contribution in [0.15, 0.2) is 30.6 Å². The number of aryl methyl sites for hydroxylation is 2. The average molecular weight is 473 g/mol. The van der Waals surface area contributed by atoms with Gasteiger partial charge in [0.2, 0.25) is 0 Å². The molecular formula is C27H32N6O2. The fourth-order valence-corrected chi connectivity index (χ4v) is 5.87. The zero-order chi connectivity index (χ0) is 23.9. The van der Waals surface area contributed by atoms with Gasteiger partial charge in [-0.05, 0) is 61.9 Å². The molecule has 6 rings (SSSR count). The molecule has 8 heteroatoms. The zero-order valence-corrected chi connectivity index (χ0v) is 20.5. The second-order valence-corrected chi connectivity index (χ2v) is 9.89. The fourth-order valence-electron chi connectivity index (χ4n) is 5.87. The van der Waals surface area contributed by atoms with Crippen LogP contribution in [0.2, 0.25) is 0 Å². The summed E-state index contributed by atoms with van der Waals surface area (Å²) in [5.41, 5.74) is 5.81. The molecule has 1 amide bonds. The third-order valence-electron chi connectivity index (χ3n) is 7.96. The van der Waals surface area contributed by atoms with Crippen LogP contribution in [0.5, 0.6) is 5.75 Å². The summed E-state index contributed by atoms with van der Waals surface area (Å²) in [5, 5.41) is 4.53. The van der Waals surface area contributed by atoms with Gasteiger partial charge in [-0.15, -0.1) is 0 Å². The molecule has 0 unspecified atom stereocenters. The van der Waals surface area contributed by atoms with Crippen LogP contribution in [0.1, 0.15) is 52.9 Å². The van der Waals surface area contributed by atoms with Crippen molar-refractivity contribution in [2.45, 2.75) is 51.5 Å². The maximum absolute atomic E-state index is 13.4.